The third-order valence-corrected chi connectivity index (χ3v) is 7.63. The first kappa shape index (κ1) is 21.8. The average Bonchev–Trinajstić information content (AvgIpc) is 3.07. The van der Waals surface area contributed by atoms with Gasteiger partial charge in [-0.25, -0.2) is 4.98 Å². The second-order valence-corrected chi connectivity index (χ2v) is 10.5. The number of hydrogen-bond acceptors (Lipinski definition) is 9. The molecule has 1 aliphatic rings. The maximum absolute atomic E-state index is 13.5. The Morgan fingerprint density at radius 1 is 1.35 bits per heavy atom. The lowest BCUT2D eigenvalue weighted by molar-refractivity contribution is 0.509. The fraction of sp³-hybridized carbons (Fsp3) is 0.476. The first-order valence-electron chi connectivity index (χ1n) is 10.3. The zero-order chi connectivity index (χ0) is 22.3. The van der Waals surface area contributed by atoms with Gasteiger partial charge in [0.2, 0.25) is 11.9 Å². The molecule has 0 aliphatic heterocycles. The highest BCUT2D eigenvalue weighted by Gasteiger charge is 2.25. The number of hydrogen-bond donors (Lipinski definition) is 1. The molecule has 0 radical (unpaired) electrons. The first-order chi connectivity index (χ1) is 14.8. The van der Waals surface area contributed by atoms with Gasteiger partial charge in [0.05, 0.1) is 10.6 Å². The molecule has 4 rings (SSSR count). The molecule has 0 unspecified atom stereocenters. The fourth-order valence-corrected chi connectivity index (χ4v) is 6.16. The van der Waals surface area contributed by atoms with Gasteiger partial charge in [-0.2, -0.15) is 15.0 Å². The van der Waals surface area contributed by atoms with Crippen LogP contribution >= 0.6 is 23.1 Å². The summed E-state index contributed by atoms with van der Waals surface area (Å²) in [5.41, 5.74) is 7.09. The summed E-state index contributed by atoms with van der Waals surface area (Å²) in [7, 11) is 3.71. The van der Waals surface area contributed by atoms with Crippen LogP contribution in [0, 0.1) is 5.92 Å². The highest BCUT2D eigenvalue weighted by Crippen LogP contribution is 2.38. The predicted octanol–water partition coefficient (Wildman–Crippen LogP) is 3.46. The highest BCUT2D eigenvalue weighted by molar-refractivity contribution is 7.99. The Hall–Kier alpha value is -2.46. The lowest BCUT2D eigenvalue weighted by Gasteiger charge is -2.18. The molecule has 3 aromatic rings. The van der Waals surface area contributed by atoms with Gasteiger partial charge in [0.25, 0.3) is 5.56 Å². The van der Waals surface area contributed by atoms with Crippen LogP contribution in [0.4, 0.5) is 11.9 Å². The molecule has 0 bridgehead atoms. The second kappa shape index (κ2) is 8.58. The van der Waals surface area contributed by atoms with Gasteiger partial charge >= 0.3 is 0 Å². The number of thiophene rings is 1. The number of thioether (sulfide) groups is 1. The van der Waals surface area contributed by atoms with Crippen LogP contribution in [-0.4, -0.2) is 38.6 Å². The third-order valence-electron chi connectivity index (χ3n) is 5.40. The maximum Gasteiger partial charge on any atom is 0.263 e. The molecule has 0 saturated heterocycles. The van der Waals surface area contributed by atoms with Crippen molar-refractivity contribution in [3.8, 4) is 0 Å². The summed E-state index contributed by atoms with van der Waals surface area (Å²) in [5, 5.41) is 1.26. The molecule has 164 valence electrons. The Kier molecular flexibility index (Phi) is 6.02. The van der Waals surface area contributed by atoms with E-state index in [2.05, 4.69) is 28.5 Å². The Bertz CT molecular complexity index is 1200. The van der Waals surface area contributed by atoms with Crippen LogP contribution in [0.5, 0.6) is 0 Å². The molecule has 2 N–H and O–H groups in total. The molecular formula is C21H27N7OS2. The van der Waals surface area contributed by atoms with Crippen LogP contribution in [0.3, 0.4) is 0 Å². The topological polar surface area (TPSA) is 103 Å². The normalized spacial score (nSPS) is 16.8. The van der Waals surface area contributed by atoms with Gasteiger partial charge in [-0.05, 0) is 37.7 Å². The van der Waals surface area contributed by atoms with Gasteiger partial charge in [-0.1, -0.05) is 24.8 Å². The van der Waals surface area contributed by atoms with Crippen molar-refractivity contribution >= 4 is 45.2 Å². The summed E-state index contributed by atoms with van der Waals surface area (Å²) in [6.07, 6.45) is 4.81. The van der Waals surface area contributed by atoms with E-state index < -0.39 is 0 Å². The SMILES string of the molecule is C=CCn1c(S[C@H](C)c2nc(N)nc(N(C)C)n2)nc2sc3c(c2c1=O)CC[C@H](C)C3. The summed E-state index contributed by atoms with van der Waals surface area (Å²) >= 11 is 3.11. The van der Waals surface area contributed by atoms with E-state index in [4.69, 9.17) is 10.7 Å². The van der Waals surface area contributed by atoms with Crippen molar-refractivity contribution in [2.45, 2.75) is 50.1 Å². The second-order valence-electron chi connectivity index (χ2n) is 8.14. The van der Waals surface area contributed by atoms with E-state index in [-0.39, 0.29) is 16.8 Å². The van der Waals surface area contributed by atoms with Crippen molar-refractivity contribution < 1.29 is 0 Å². The summed E-state index contributed by atoms with van der Waals surface area (Å²) in [5.74, 6) is 1.88. The number of aryl methyl sites for hydroxylation is 1. The van der Waals surface area contributed by atoms with Crippen LogP contribution < -0.4 is 16.2 Å². The fourth-order valence-electron chi connectivity index (χ4n) is 3.77. The predicted molar refractivity (Wildman–Crippen MR) is 128 cm³/mol. The number of anilines is 2. The van der Waals surface area contributed by atoms with Crippen molar-refractivity contribution in [2.75, 3.05) is 24.7 Å². The van der Waals surface area contributed by atoms with Gasteiger partial charge in [-0.3, -0.25) is 9.36 Å². The number of allylic oxidation sites excluding steroid dienone is 1. The summed E-state index contributed by atoms with van der Waals surface area (Å²) in [4.78, 5) is 35.3. The number of fused-ring (bicyclic) bond motifs is 3. The van der Waals surface area contributed by atoms with E-state index in [1.165, 1.54) is 22.2 Å². The molecule has 31 heavy (non-hydrogen) atoms. The minimum atomic E-state index is -0.168. The van der Waals surface area contributed by atoms with Crippen molar-refractivity contribution in [2.24, 2.45) is 5.92 Å². The molecule has 0 aromatic carbocycles. The van der Waals surface area contributed by atoms with Crippen LogP contribution in [0.15, 0.2) is 22.6 Å². The quantitative estimate of drug-likeness (QED) is 0.341. The zero-order valence-electron chi connectivity index (χ0n) is 18.3. The van der Waals surface area contributed by atoms with Crippen molar-refractivity contribution in [1.29, 1.82) is 0 Å². The standard InChI is InChI=1S/C21H27N7OS2/c1-6-9-28-18(29)15-13-8-7-11(2)10-14(13)31-17(15)25-21(28)30-12(3)16-23-19(22)26-20(24-16)27(4)5/h6,11-12H,1,7-10H2,2-5H3,(H2,22,23,24,26)/t11-,12+/m0/s1. The van der Waals surface area contributed by atoms with E-state index >= 15 is 0 Å². The van der Waals surface area contributed by atoms with E-state index in [0.717, 1.165) is 29.5 Å². The van der Waals surface area contributed by atoms with Crippen molar-refractivity contribution in [3.63, 3.8) is 0 Å². The Morgan fingerprint density at radius 2 is 2.13 bits per heavy atom. The number of nitrogens with zero attached hydrogens (tertiary/aromatic N) is 6. The molecule has 1 aliphatic carbocycles. The first-order valence-corrected chi connectivity index (χ1v) is 12.0. The summed E-state index contributed by atoms with van der Waals surface area (Å²) in [6.45, 7) is 8.48. The smallest absolute Gasteiger partial charge is 0.263 e. The lowest BCUT2D eigenvalue weighted by atomic mass is 9.89. The molecule has 0 amide bonds. The van der Waals surface area contributed by atoms with E-state index in [9.17, 15) is 4.79 Å². The molecule has 3 heterocycles. The Balaban J connectivity index is 1.77. The average molecular weight is 458 g/mol. The number of nitrogen functional groups attached to an aromatic ring is 1. The van der Waals surface area contributed by atoms with Crippen LogP contribution in [0.25, 0.3) is 10.2 Å². The molecule has 0 spiro atoms. The molecule has 8 nitrogen and oxygen atoms in total. The molecule has 0 fully saturated rings. The Labute approximate surface area is 189 Å². The van der Waals surface area contributed by atoms with Crippen LogP contribution in [-0.2, 0) is 19.4 Å². The maximum atomic E-state index is 13.5. The zero-order valence-corrected chi connectivity index (χ0v) is 19.9. The largest absolute Gasteiger partial charge is 0.368 e. The van der Waals surface area contributed by atoms with E-state index in [1.807, 2.05) is 21.0 Å². The third kappa shape index (κ3) is 4.18. The summed E-state index contributed by atoms with van der Waals surface area (Å²) in [6, 6.07) is 0. The minimum Gasteiger partial charge on any atom is -0.368 e. The van der Waals surface area contributed by atoms with Crippen LogP contribution in [0.1, 0.15) is 41.8 Å². The van der Waals surface area contributed by atoms with E-state index in [1.54, 1.807) is 26.9 Å². The van der Waals surface area contributed by atoms with Gasteiger partial charge in [0, 0.05) is 25.5 Å². The number of nitrogens with two attached hydrogens (primary N) is 1. The van der Waals surface area contributed by atoms with Gasteiger partial charge in [0.1, 0.15) is 10.7 Å². The number of aromatic nitrogens is 5. The highest BCUT2D eigenvalue weighted by atomic mass is 32.2. The van der Waals surface area contributed by atoms with Crippen LogP contribution in [0.2, 0.25) is 0 Å². The number of rotatable bonds is 6. The van der Waals surface area contributed by atoms with Crippen molar-refractivity contribution in [3.05, 3.63) is 39.3 Å². The lowest BCUT2D eigenvalue weighted by Crippen LogP contribution is -2.24. The molecule has 0 saturated carbocycles. The summed E-state index contributed by atoms with van der Waals surface area (Å²) < 4.78 is 1.71. The van der Waals surface area contributed by atoms with Gasteiger partial charge in [0.15, 0.2) is 5.16 Å². The Morgan fingerprint density at radius 3 is 2.84 bits per heavy atom. The monoisotopic (exact) mass is 457 g/mol. The minimum absolute atomic E-state index is 0.00999. The molecule has 10 heteroatoms. The molecule has 3 aromatic heterocycles. The van der Waals surface area contributed by atoms with Gasteiger partial charge < -0.3 is 10.6 Å². The molecular weight excluding hydrogens is 430 g/mol. The molecule has 2 atom stereocenters. The van der Waals surface area contributed by atoms with Gasteiger partial charge in [-0.15, -0.1) is 17.9 Å². The van der Waals surface area contributed by atoms with Crippen molar-refractivity contribution in [1.82, 2.24) is 24.5 Å². The van der Waals surface area contributed by atoms with E-state index in [0.29, 0.717) is 29.4 Å².